The largest absolute Gasteiger partial charge is 0.291 e. The third-order valence-corrected chi connectivity index (χ3v) is 4.79. The maximum Gasteiger partial charge on any atom is 0.291 e. The zero-order chi connectivity index (χ0) is 18.8. The minimum Gasteiger partial charge on any atom is -0.280 e. The molecular weight excluding hydrogens is 400 g/mol. The molecule has 0 fully saturated rings. The van der Waals surface area contributed by atoms with E-state index in [9.17, 15) is 9.59 Å². The number of nitrogens with one attached hydrogen (secondary N) is 3. The quantitative estimate of drug-likeness (QED) is 0.552. The number of aromatic amines is 1. The summed E-state index contributed by atoms with van der Waals surface area (Å²) in [6, 6.07) is 7.08. The Morgan fingerprint density at radius 1 is 1.35 bits per heavy atom. The molecule has 0 unspecified atom stereocenters. The average Bonchev–Trinajstić information content (AvgIpc) is 3.01. The number of halogens is 1. The second-order valence-electron chi connectivity index (χ2n) is 6.04. The summed E-state index contributed by atoms with van der Waals surface area (Å²) in [5.74, 6) is 0.0178. The van der Waals surface area contributed by atoms with Crippen molar-refractivity contribution in [2.75, 3.05) is 5.43 Å². The van der Waals surface area contributed by atoms with Crippen LogP contribution in [0.1, 0.15) is 42.9 Å². The second-order valence-corrected chi connectivity index (χ2v) is 6.83. The third kappa shape index (κ3) is 3.22. The van der Waals surface area contributed by atoms with Gasteiger partial charge in [0.25, 0.3) is 11.5 Å². The van der Waals surface area contributed by atoms with Gasteiger partial charge in [-0.3, -0.25) is 30.1 Å². The van der Waals surface area contributed by atoms with Crippen LogP contribution in [-0.4, -0.2) is 25.7 Å². The van der Waals surface area contributed by atoms with Gasteiger partial charge in [0.05, 0.1) is 21.1 Å². The molecule has 0 aliphatic heterocycles. The van der Waals surface area contributed by atoms with Crippen molar-refractivity contribution < 1.29 is 4.79 Å². The van der Waals surface area contributed by atoms with Crippen molar-refractivity contribution in [2.24, 2.45) is 0 Å². The van der Waals surface area contributed by atoms with E-state index in [-0.39, 0.29) is 23.1 Å². The molecule has 1 amide bonds. The molecule has 0 spiro atoms. The number of carbonyl (C=O) groups is 1. The van der Waals surface area contributed by atoms with Crippen LogP contribution >= 0.6 is 15.9 Å². The summed E-state index contributed by atoms with van der Waals surface area (Å²) >= 11 is 3.40. The average molecular weight is 419 g/mol. The minimum atomic E-state index is -0.440. The number of nitrogens with zero attached hydrogens (tertiary/aromatic N) is 3. The molecule has 0 atom stereocenters. The molecule has 1 aromatic carbocycles. The Hall–Kier alpha value is -2.68. The van der Waals surface area contributed by atoms with Crippen molar-refractivity contribution in [1.29, 1.82) is 0 Å². The van der Waals surface area contributed by atoms with Crippen molar-refractivity contribution in [1.82, 2.24) is 25.2 Å². The number of benzene rings is 1. The van der Waals surface area contributed by atoms with Crippen LogP contribution in [0.3, 0.4) is 0 Å². The van der Waals surface area contributed by atoms with E-state index < -0.39 is 5.91 Å². The first-order valence-electron chi connectivity index (χ1n) is 8.23. The van der Waals surface area contributed by atoms with Gasteiger partial charge in [0.2, 0.25) is 5.95 Å². The summed E-state index contributed by atoms with van der Waals surface area (Å²) in [5, 5.41) is 7.43. The molecule has 0 radical (unpaired) electrons. The van der Waals surface area contributed by atoms with Gasteiger partial charge < -0.3 is 0 Å². The fourth-order valence-electron chi connectivity index (χ4n) is 2.60. The predicted octanol–water partition coefficient (Wildman–Crippen LogP) is 2.78. The molecule has 0 saturated carbocycles. The number of anilines is 1. The topological polar surface area (TPSA) is 105 Å². The van der Waals surface area contributed by atoms with Gasteiger partial charge in [0.15, 0.2) is 5.69 Å². The lowest BCUT2D eigenvalue weighted by Crippen LogP contribution is -2.34. The van der Waals surface area contributed by atoms with Crippen molar-refractivity contribution in [3.63, 3.8) is 0 Å². The van der Waals surface area contributed by atoms with Gasteiger partial charge in [-0.05, 0) is 40.9 Å². The Morgan fingerprint density at radius 2 is 2.08 bits per heavy atom. The summed E-state index contributed by atoms with van der Waals surface area (Å²) < 4.78 is 2.08. The van der Waals surface area contributed by atoms with Crippen LogP contribution in [0.4, 0.5) is 5.95 Å². The summed E-state index contributed by atoms with van der Waals surface area (Å²) in [7, 11) is 0. The first-order valence-corrected chi connectivity index (χ1v) is 9.03. The molecule has 2 aromatic heterocycles. The lowest BCUT2D eigenvalue weighted by atomic mass is 10.1. The molecule has 3 N–H and O–H groups in total. The van der Waals surface area contributed by atoms with Gasteiger partial charge >= 0.3 is 0 Å². The summed E-state index contributed by atoms with van der Waals surface area (Å²) in [5.41, 5.74) is 6.75. The van der Waals surface area contributed by atoms with Gasteiger partial charge in [0.1, 0.15) is 0 Å². The van der Waals surface area contributed by atoms with E-state index in [2.05, 4.69) is 42.0 Å². The van der Waals surface area contributed by atoms with E-state index in [1.807, 2.05) is 26.8 Å². The van der Waals surface area contributed by atoms with Crippen LogP contribution in [0.15, 0.2) is 33.5 Å². The highest BCUT2D eigenvalue weighted by Crippen LogP contribution is 2.25. The normalized spacial score (nSPS) is 11.1. The lowest BCUT2D eigenvalue weighted by Gasteiger charge is -2.13. The van der Waals surface area contributed by atoms with Crippen molar-refractivity contribution in [3.05, 3.63) is 50.5 Å². The Balaban J connectivity index is 1.88. The third-order valence-electron chi connectivity index (χ3n) is 3.99. The maximum absolute atomic E-state index is 12.6. The van der Waals surface area contributed by atoms with Gasteiger partial charge in [-0.25, -0.2) is 4.98 Å². The molecular formula is C17H19BrN6O2. The van der Waals surface area contributed by atoms with Crippen molar-refractivity contribution in [3.8, 4) is 0 Å². The van der Waals surface area contributed by atoms with Crippen LogP contribution in [0, 0.1) is 0 Å². The Kier molecular flexibility index (Phi) is 5.08. The molecule has 0 saturated heterocycles. The molecule has 136 valence electrons. The van der Waals surface area contributed by atoms with E-state index >= 15 is 0 Å². The van der Waals surface area contributed by atoms with Crippen LogP contribution in [0.2, 0.25) is 0 Å². The van der Waals surface area contributed by atoms with Gasteiger partial charge in [-0.1, -0.05) is 26.0 Å². The van der Waals surface area contributed by atoms with Crippen molar-refractivity contribution in [2.45, 2.75) is 33.2 Å². The lowest BCUT2D eigenvalue weighted by molar-refractivity contribution is 0.0956. The van der Waals surface area contributed by atoms with Gasteiger partial charge in [-0.15, -0.1) is 0 Å². The molecule has 9 heteroatoms. The standard InChI is InChI=1S/C17H19BrN6O2/c1-4-24-16(26)10-7-5-6-8-11(10)19-17(24)23-22-15(25)14-12(18)13(9(2)3)20-21-14/h5-9H,4H2,1-3H3,(H,19,23)(H,20,21)(H,22,25). The maximum atomic E-state index is 12.6. The molecule has 26 heavy (non-hydrogen) atoms. The number of carbonyl (C=O) groups excluding carboxylic acids is 1. The summed E-state index contributed by atoms with van der Waals surface area (Å²) in [6.07, 6.45) is 0. The highest BCUT2D eigenvalue weighted by atomic mass is 79.9. The van der Waals surface area contributed by atoms with Gasteiger partial charge in [-0.2, -0.15) is 5.10 Å². The zero-order valence-corrected chi connectivity index (χ0v) is 16.2. The SMILES string of the molecule is CCn1c(NNC(=O)c2n[nH]c(C(C)C)c2Br)nc2ccccc2c1=O. The van der Waals surface area contributed by atoms with Crippen LogP contribution < -0.4 is 16.4 Å². The van der Waals surface area contributed by atoms with Gasteiger partial charge in [0, 0.05) is 6.54 Å². The number of fused-ring (bicyclic) bond motifs is 1. The van der Waals surface area contributed by atoms with E-state index in [1.54, 1.807) is 18.2 Å². The number of H-pyrrole nitrogens is 1. The number of hydrogen-bond donors (Lipinski definition) is 3. The van der Waals surface area contributed by atoms with Crippen LogP contribution in [-0.2, 0) is 6.54 Å². The molecule has 8 nitrogen and oxygen atoms in total. The number of rotatable bonds is 5. The minimum absolute atomic E-state index is 0.169. The smallest absolute Gasteiger partial charge is 0.280 e. The highest BCUT2D eigenvalue weighted by Gasteiger charge is 2.19. The van der Waals surface area contributed by atoms with E-state index in [0.29, 0.717) is 21.9 Å². The fourth-order valence-corrected chi connectivity index (χ4v) is 3.42. The molecule has 3 rings (SSSR count). The molecule has 0 bridgehead atoms. The second kappa shape index (κ2) is 7.28. The number of hydrogen-bond acceptors (Lipinski definition) is 5. The van der Waals surface area contributed by atoms with E-state index in [4.69, 9.17) is 0 Å². The molecule has 3 aromatic rings. The van der Waals surface area contributed by atoms with Crippen LogP contribution in [0.25, 0.3) is 10.9 Å². The predicted molar refractivity (Wildman–Crippen MR) is 103 cm³/mol. The number of amides is 1. The number of hydrazine groups is 1. The molecule has 0 aliphatic rings. The Morgan fingerprint density at radius 3 is 2.73 bits per heavy atom. The molecule has 0 aliphatic carbocycles. The van der Waals surface area contributed by atoms with Crippen molar-refractivity contribution >= 4 is 38.7 Å². The molecule has 2 heterocycles. The fraction of sp³-hybridized carbons (Fsp3) is 0.294. The zero-order valence-electron chi connectivity index (χ0n) is 14.6. The van der Waals surface area contributed by atoms with E-state index in [0.717, 1.165) is 5.69 Å². The van der Waals surface area contributed by atoms with E-state index in [1.165, 1.54) is 4.57 Å². The summed E-state index contributed by atoms with van der Waals surface area (Å²) in [6.45, 7) is 6.25. The Bertz CT molecular complexity index is 1020. The monoisotopic (exact) mass is 418 g/mol. The number of aromatic nitrogens is 4. The summed E-state index contributed by atoms with van der Waals surface area (Å²) in [4.78, 5) is 29.4. The first-order chi connectivity index (χ1) is 12.4. The highest BCUT2D eigenvalue weighted by molar-refractivity contribution is 9.10. The first kappa shape index (κ1) is 18.1. The Labute approximate surface area is 158 Å². The van der Waals surface area contributed by atoms with Crippen LogP contribution in [0.5, 0.6) is 0 Å². The number of para-hydroxylation sites is 1.